The van der Waals surface area contributed by atoms with Crippen LogP contribution in [0.25, 0.3) is 66.8 Å². The lowest BCUT2D eigenvalue weighted by atomic mass is 9.96. The molecule has 0 atom stereocenters. The number of benzene rings is 7. The molecular weight excluding hydrogens is 504 g/mol. The van der Waals surface area contributed by atoms with Crippen LogP contribution in [0.1, 0.15) is 0 Å². The van der Waals surface area contributed by atoms with E-state index in [4.69, 9.17) is 0 Å². The van der Waals surface area contributed by atoms with Crippen LogP contribution in [0.3, 0.4) is 0 Å². The molecule has 0 amide bonds. The maximum atomic E-state index is 3.08. The van der Waals surface area contributed by atoms with Crippen LogP contribution in [0.2, 0.25) is 0 Å². The summed E-state index contributed by atoms with van der Waals surface area (Å²) in [5, 5.41) is 0. The molecule has 0 saturated carbocycles. The third kappa shape index (κ3) is 5.44. The molecule has 0 aliphatic heterocycles. The van der Waals surface area contributed by atoms with Gasteiger partial charge in [-0.2, -0.15) is 0 Å². The highest BCUT2D eigenvalue weighted by atomic mass is 14.1. The minimum atomic E-state index is 1.21. The van der Waals surface area contributed by atoms with Crippen LogP contribution < -0.4 is 0 Å². The smallest absolute Gasteiger partial charge is 0.0184 e. The lowest BCUT2D eigenvalue weighted by molar-refractivity contribution is 1.56. The first-order valence-corrected chi connectivity index (χ1v) is 14.3. The van der Waals surface area contributed by atoms with Crippen molar-refractivity contribution in [3.63, 3.8) is 0 Å². The fourth-order valence-corrected chi connectivity index (χ4v) is 5.49. The zero-order valence-electron chi connectivity index (χ0n) is 23.2. The average molecular weight is 534 g/mol. The molecule has 7 aromatic carbocycles. The van der Waals surface area contributed by atoms with Crippen LogP contribution in [0.5, 0.6) is 0 Å². The molecule has 0 nitrogen and oxygen atoms in total. The molecular formula is C42H29. The van der Waals surface area contributed by atoms with Crippen molar-refractivity contribution < 1.29 is 0 Å². The van der Waals surface area contributed by atoms with E-state index in [1.54, 1.807) is 0 Å². The van der Waals surface area contributed by atoms with Crippen molar-refractivity contribution in [2.45, 2.75) is 0 Å². The van der Waals surface area contributed by atoms with E-state index in [0.29, 0.717) is 0 Å². The summed E-state index contributed by atoms with van der Waals surface area (Å²) in [5.74, 6) is 0. The Bertz CT molecular complexity index is 1730. The number of rotatable bonds is 6. The van der Waals surface area contributed by atoms with Crippen molar-refractivity contribution in [2.24, 2.45) is 0 Å². The molecule has 0 aliphatic rings. The van der Waals surface area contributed by atoms with Crippen LogP contribution in [-0.4, -0.2) is 0 Å². The minimum absolute atomic E-state index is 1.21. The highest BCUT2D eigenvalue weighted by Gasteiger charge is 2.05. The second kappa shape index (κ2) is 11.6. The first kappa shape index (κ1) is 25.5. The summed E-state index contributed by atoms with van der Waals surface area (Å²) in [6.45, 7) is 0. The van der Waals surface area contributed by atoms with Crippen LogP contribution in [0, 0.1) is 6.07 Å². The predicted molar refractivity (Wildman–Crippen MR) is 178 cm³/mol. The quantitative estimate of drug-likeness (QED) is 0.199. The Morgan fingerprint density at radius 2 is 0.381 bits per heavy atom. The van der Waals surface area contributed by atoms with Crippen LogP contribution in [-0.2, 0) is 0 Å². The van der Waals surface area contributed by atoms with Gasteiger partial charge in [-0.05, 0) is 72.8 Å². The second-order valence-electron chi connectivity index (χ2n) is 10.5. The van der Waals surface area contributed by atoms with E-state index in [2.05, 4.69) is 170 Å². The minimum Gasteiger partial charge on any atom is -0.0622 e. The standard InChI is InChI=1S/C42H29/c1-3-7-31(8-4-1)33-11-15-35(16-12-33)37-19-23-39(24-20-37)41-27-29-42(30-28-41)40-25-21-38(22-26-40)36-17-13-34(14-18-36)32-9-5-2-6-10-32/h1,3-30H. The van der Waals surface area contributed by atoms with Crippen LogP contribution >= 0.6 is 0 Å². The molecule has 0 spiro atoms. The van der Waals surface area contributed by atoms with E-state index >= 15 is 0 Å². The molecule has 0 heterocycles. The Morgan fingerprint density at radius 3 is 0.619 bits per heavy atom. The Labute approximate surface area is 248 Å². The van der Waals surface area contributed by atoms with Gasteiger partial charge in [0.25, 0.3) is 0 Å². The predicted octanol–water partition coefficient (Wildman–Crippen LogP) is 11.5. The van der Waals surface area contributed by atoms with Gasteiger partial charge >= 0.3 is 0 Å². The van der Waals surface area contributed by atoms with Crippen LogP contribution in [0.4, 0.5) is 0 Å². The van der Waals surface area contributed by atoms with Gasteiger partial charge in [-0.3, -0.25) is 0 Å². The third-order valence-corrected chi connectivity index (χ3v) is 7.92. The molecule has 0 saturated heterocycles. The van der Waals surface area contributed by atoms with E-state index < -0.39 is 0 Å². The summed E-state index contributed by atoms with van der Waals surface area (Å²) >= 11 is 0. The summed E-state index contributed by atoms with van der Waals surface area (Å²) in [4.78, 5) is 0. The SMILES string of the molecule is [c]1ccc(-c2ccc(-c3ccc(-c4ccc(-c5ccc(-c6ccc(-c7ccccc7)cc6)cc5)cc4)cc3)cc2)cc1. The van der Waals surface area contributed by atoms with Gasteiger partial charge in [-0.1, -0.05) is 176 Å². The van der Waals surface area contributed by atoms with Crippen molar-refractivity contribution in [2.75, 3.05) is 0 Å². The lowest BCUT2D eigenvalue weighted by Gasteiger charge is -2.09. The van der Waals surface area contributed by atoms with Crippen molar-refractivity contribution in [1.82, 2.24) is 0 Å². The van der Waals surface area contributed by atoms with Gasteiger partial charge in [0.15, 0.2) is 0 Å². The molecule has 42 heavy (non-hydrogen) atoms. The Balaban J connectivity index is 1.03. The summed E-state index contributed by atoms with van der Waals surface area (Å²) in [6, 6.07) is 65.8. The lowest BCUT2D eigenvalue weighted by Crippen LogP contribution is -1.84. The first-order chi connectivity index (χ1) is 20.8. The molecule has 0 aliphatic carbocycles. The maximum absolute atomic E-state index is 3.08. The van der Waals surface area contributed by atoms with Crippen LogP contribution in [0.15, 0.2) is 176 Å². The molecule has 0 bridgehead atoms. The largest absolute Gasteiger partial charge is 0.0622 e. The zero-order chi connectivity index (χ0) is 28.1. The normalized spacial score (nSPS) is 10.9. The van der Waals surface area contributed by atoms with E-state index in [1.807, 2.05) is 12.1 Å². The first-order valence-electron chi connectivity index (χ1n) is 14.3. The van der Waals surface area contributed by atoms with Crippen molar-refractivity contribution in [1.29, 1.82) is 0 Å². The summed E-state index contributed by atoms with van der Waals surface area (Å²) < 4.78 is 0. The van der Waals surface area contributed by atoms with E-state index in [9.17, 15) is 0 Å². The van der Waals surface area contributed by atoms with Gasteiger partial charge in [0.05, 0.1) is 0 Å². The molecule has 7 aromatic rings. The van der Waals surface area contributed by atoms with Gasteiger partial charge in [0.2, 0.25) is 0 Å². The fraction of sp³-hybridized carbons (Fsp3) is 0. The summed E-state index contributed by atoms with van der Waals surface area (Å²) in [7, 11) is 0. The molecule has 0 aromatic heterocycles. The fourth-order valence-electron chi connectivity index (χ4n) is 5.49. The van der Waals surface area contributed by atoms with Gasteiger partial charge < -0.3 is 0 Å². The third-order valence-electron chi connectivity index (χ3n) is 7.92. The average Bonchev–Trinajstić information content (AvgIpc) is 3.09. The number of hydrogen-bond donors (Lipinski definition) is 0. The topological polar surface area (TPSA) is 0 Å². The number of hydrogen-bond acceptors (Lipinski definition) is 0. The summed E-state index contributed by atoms with van der Waals surface area (Å²) in [6.07, 6.45) is 0. The van der Waals surface area contributed by atoms with E-state index in [0.717, 1.165) is 0 Å². The Kier molecular flexibility index (Phi) is 7.02. The molecule has 0 heteroatoms. The van der Waals surface area contributed by atoms with Gasteiger partial charge in [0, 0.05) is 0 Å². The molecule has 0 unspecified atom stereocenters. The van der Waals surface area contributed by atoms with Gasteiger partial charge in [-0.25, -0.2) is 0 Å². The Morgan fingerprint density at radius 1 is 0.190 bits per heavy atom. The maximum Gasteiger partial charge on any atom is -0.0184 e. The van der Waals surface area contributed by atoms with E-state index in [-0.39, 0.29) is 0 Å². The highest BCUT2D eigenvalue weighted by Crippen LogP contribution is 2.31. The van der Waals surface area contributed by atoms with Crippen molar-refractivity contribution in [3.05, 3.63) is 182 Å². The monoisotopic (exact) mass is 533 g/mol. The molecule has 7 rings (SSSR count). The van der Waals surface area contributed by atoms with Gasteiger partial charge in [0.1, 0.15) is 0 Å². The van der Waals surface area contributed by atoms with Gasteiger partial charge in [-0.15, -0.1) is 0 Å². The Hall–Kier alpha value is -5.46. The molecule has 197 valence electrons. The van der Waals surface area contributed by atoms with Crippen molar-refractivity contribution in [3.8, 4) is 66.8 Å². The zero-order valence-corrected chi connectivity index (χ0v) is 23.2. The van der Waals surface area contributed by atoms with E-state index in [1.165, 1.54) is 66.8 Å². The summed E-state index contributed by atoms with van der Waals surface area (Å²) in [5.41, 5.74) is 14.7. The molecule has 1 radical (unpaired) electrons. The molecule has 0 N–H and O–H groups in total. The highest BCUT2D eigenvalue weighted by molar-refractivity contribution is 5.76. The molecule has 0 fully saturated rings. The van der Waals surface area contributed by atoms with Crippen molar-refractivity contribution >= 4 is 0 Å². The second-order valence-corrected chi connectivity index (χ2v) is 10.5.